The monoisotopic (exact) mass is 470 g/mol. The Morgan fingerprint density at radius 2 is 1.89 bits per heavy atom. The molecule has 0 atom stereocenters. The Hall–Kier alpha value is -3.88. The van der Waals surface area contributed by atoms with Crippen molar-refractivity contribution >= 4 is 29.0 Å². The Bertz CT molecular complexity index is 1300. The molecule has 0 bridgehead atoms. The predicted molar refractivity (Wildman–Crippen MR) is 135 cm³/mol. The zero-order valence-corrected chi connectivity index (χ0v) is 19.7. The van der Waals surface area contributed by atoms with Crippen molar-refractivity contribution in [2.45, 2.75) is 50.5 Å². The van der Waals surface area contributed by atoms with E-state index >= 15 is 0 Å². The van der Waals surface area contributed by atoms with Crippen molar-refractivity contribution in [3.63, 3.8) is 0 Å². The number of hydrogen-bond donors (Lipinski definition) is 3. The highest BCUT2D eigenvalue weighted by Gasteiger charge is 2.27. The zero-order valence-electron chi connectivity index (χ0n) is 19.7. The number of benzene rings is 1. The van der Waals surface area contributed by atoms with Crippen LogP contribution in [0.2, 0.25) is 0 Å². The first-order chi connectivity index (χ1) is 17.2. The van der Waals surface area contributed by atoms with Gasteiger partial charge in [-0.05, 0) is 49.8 Å². The molecule has 1 saturated carbocycles. The average Bonchev–Trinajstić information content (AvgIpc) is 3.43. The molecular weight excluding hydrogens is 440 g/mol. The summed E-state index contributed by atoms with van der Waals surface area (Å²) in [7, 11) is 0. The second-order valence-corrected chi connectivity index (χ2v) is 9.52. The van der Waals surface area contributed by atoms with Gasteiger partial charge in [0.05, 0.1) is 5.69 Å². The highest BCUT2D eigenvalue weighted by molar-refractivity contribution is 5.76. The van der Waals surface area contributed by atoms with Gasteiger partial charge >= 0.3 is 0 Å². The second-order valence-electron chi connectivity index (χ2n) is 9.52. The van der Waals surface area contributed by atoms with Crippen molar-refractivity contribution in [2.24, 2.45) is 0 Å². The lowest BCUT2D eigenvalue weighted by molar-refractivity contribution is -0.121. The standard InChI is InChI=1S/C26H30N8O/c35-24(11-8-18-5-2-1-3-6-18)27-20-12-15-33(16-13-20)26-29-25(22-7-4-14-34(22)32-26)28-23-17-21(30-31-23)19-9-10-19/h1-7,14,17,19-20H,8-13,15-16H2,(H,27,35)(H2,28,29,30,31,32). The van der Waals surface area contributed by atoms with Gasteiger partial charge in [0.15, 0.2) is 5.82 Å². The van der Waals surface area contributed by atoms with E-state index in [1.165, 1.54) is 18.4 Å². The molecule has 180 valence electrons. The van der Waals surface area contributed by atoms with E-state index in [4.69, 9.17) is 10.1 Å². The molecular formula is C26H30N8O. The van der Waals surface area contributed by atoms with Gasteiger partial charge in [-0.1, -0.05) is 30.3 Å². The van der Waals surface area contributed by atoms with Crippen molar-refractivity contribution in [1.82, 2.24) is 30.1 Å². The topological polar surface area (TPSA) is 103 Å². The van der Waals surface area contributed by atoms with Crippen LogP contribution in [0.25, 0.3) is 5.52 Å². The fraction of sp³-hybridized carbons (Fsp3) is 0.385. The van der Waals surface area contributed by atoms with Crippen LogP contribution in [0, 0.1) is 0 Å². The summed E-state index contributed by atoms with van der Waals surface area (Å²) >= 11 is 0. The van der Waals surface area contributed by atoms with Crippen LogP contribution >= 0.6 is 0 Å². The van der Waals surface area contributed by atoms with Crippen LogP contribution in [0.1, 0.15) is 49.3 Å². The number of carbonyl (C=O) groups excluding carboxylic acids is 1. The summed E-state index contributed by atoms with van der Waals surface area (Å²) in [5, 5.41) is 18.9. The molecule has 1 aliphatic carbocycles. The molecule has 3 aromatic heterocycles. The van der Waals surface area contributed by atoms with Crippen LogP contribution in [-0.2, 0) is 11.2 Å². The Kier molecular flexibility index (Phi) is 5.81. The van der Waals surface area contributed by atoms with Crippen molar-refractivity contribution in [2.75, 3.05) is 23.3 Å². The van der Waals surface area contributed by atoms with Crippen LogP contribution < -0.4 is 15.5 Å². The van der Waals surface area contributed by atoms with E-state index in [1.54, 1.807) is 0 Å². The highest BCUT2D eigenvalue weighted by Crippen LogP contribution is 2.39. The number of aromatic nitrogens is 5. The number of fused-ring (bicyclic) bond motifs is 1. The minimum Gasteiger partial charge on any atom is -0.353 e. The number of rotatable bonds is 8. The number of anilines is 3. The molecule has 35 heavy (non-hydrogen) atoms. The Labute approximate surface area is 203 Å². The van der Waals surface area contributed by atoms with Gasteiger partial charge in [0.25, 0.3) is 0 Å². The molecule has 1 aromatic carbocycles. The number of amides is 1. The zero-order chi connectivity index (χ0) is 23.6. The summed E-state index contributed by atoms with van der Waals surface area (Å²) in [6.07, 6.45) is 7.40. The van der Waals surface area contributed by atoms with Crippen LogP contribution in [0.3, 0.4) is 0 Å². The molecule has 0 unspecified atom stereocenters. The average molecular weight is 471 g/mol. The Morgan fingerprint density at radius 1 is 1.06 bits per heavy atom. The third kappa shape index (κ3) is 4.99. The van der Waals surface area contributed by atoms with Crippen LogP contribution in [0.5, 0.6) is 0 Å². The van der Waals surface area contributed by atoms with E-state index in [1.807, 2.05) is 41.0 Å². The van der Waals surface area contributed by atoms with E-state index < -0.39 is 0 Å². The maximum absolute atomic E-state index is 12.4. The predicted octanol–water partition coefficient (Wildman–Crippen LogP) is 3.79. The molecule has 3 N–H and O–H groups in total. The Balaban J connectivity index is 1.08. The van der Waals surface area contributed by atoms with Gasteiger partial charge in [0.1, 0.15) is 11.3 Å². The summed E-state index contributed by atoms with van der Waals surface area (Å²) in [6.45, 7) is 1.59. The molecule has 2 fully saturated rings. The van der Waals surface area contributed by atoms with Gasteiger partial charge in [-0.15, -0.1) is 5.10 Å². The SMILES string of the molecule is O=C(CCc1ccccc1)NC1CCN(c2nc(Nc3cc(C4CC4)n[nH]3)c3cccn3n2)CC1. The molecule has 9 heteroatoms. The van der Waals surface area contributed by atoms with Crippen LogP contribution in [0.15, 0.2) is 54.7 Å². The second kappa shape index (κ2) is 9.40. The number of H-pyrrole nitrogens is 1. The van der Waals surface area contributed by atoms with Gasteiger partial charge in [-0.3, -0.25) is 9.89 Å². The summed E-state index contributed by atoms with van der Waals surface area (Å²) in [5.41, 5.74) is 3.22. The molecule has 0 spiro atoms. The number of hydrogen-bond acceptors (Lipinski definition) is 6. The molecule has 1 aliphatic heterocycles. The lowest BCUT2D eigenvalue weighted by Crippen LogP contribution is -2.45. The maximum atomic E-state index is 12.4. The summed E-state index contributed by atoms with van der Waals surface area (Å²) < 4.78 is 1.86. The lowest BCUT2D eigenvalue weighted by atomic mass is 10.0. The smallest absolute Gasteiger partial charge is 0.245 e. The van der Waals surface area contributed by atoms with Gasteiger partial charge < -0.3 is 15.5 Å². The van der Waals surface area contributed by atoms with Crippen molar-refractivity contribution in [3.05, 3.63) is 66.0 Å². The molecule has 9 nitrogen and oxygen atoms in total. The van der Waals surface area contributed by atoms with Crippen LogP contribution in [-0.4, -0.2) is 49.8 Å². The molecule has 6 rings (SSSR count). The van der Waals surface area contributed by atoms with Gasteiger partial charge in [-0.2, -0.15) is 10.1 Å². The molecule has 1 amide bonds. The molecule has 4 aromatic rings. The lowest BCUT2D eigenvalue weighted by Gasteiger charge is -2.32. The van der Waals surface area contributed by atoms with Crippen molar-refractivity contribution in [3.8, 4) is 0 Å². The molecule has 1 saturated heterocycles. The number of piperidine rings is 1. The maximum Gasteiger partial charge on any atom is 0.245 e. The van der Waals surface area contributed by atoms with Crippen molar-refractivity contribution in [1.29, 1.82) is 0 Å². The first kappa shape index (κ1) is 21.6. The Morgan fingerprint density at radius 3 is 2.69 bits per heavy atom. The van der Waals surface area contributed by atoms with Gasteiger partial charge in [-0.25, -0.2) is 4.52 Å². The normalized spacial score (nSPS) is 16.5. The van der Waals surface area contributed by atoms with Crippen molar-refractivity contribution < 1.29 is 4.79 Å². The van der Waals surface area contributed by atoms with Gasteiger partial charge in [0.2, 0.25) is 11.9 Å². The minimum atomic E-state index is 0.119. The highest BCUT2D eigenvalue weighted by atomic mass is 16.1. The van der Waals surface area contributed by atoms with Crippen LogP contribution in [0.4, 0.5) is 17.6 Å². The minimum absolute atomic E-state index is 0.119. The van der Waals surface area contributed by atoms with E-state index in [2.05, 4.69) is 43.9 Å². The molecule has 4 heterocycles. The third-order valence-corrected chi connectivity index (χ3v) is 6.85. The van der Waals surface area contributed by atoms with Gasteiger partial charge in [0, 0.05) is 43.7 Å². The number of nitrogens with one attached hydrogen (secondary N) is 3. The van der Waals surface area contributed by atoms with E-state index in [0.717, 1.165) is 55.2 Å². The number of nitrogens with zero attached hydrogens (tertiary/aromatic N) is 5. The first-order valence-corrected chi connectivity index (χ1v) is 12.5. The third-order valence-electron chi connectivity index (χ3n) is 6.85. The number of carbonyl (C=O) groups is 1. The summed E-state index contributed by atoms with van der Waals surface area (Å²) in [4.78, 5) is 19.5. The van der Waals surface area contributed by atoms with E-state index in [9.17, 15) is 4.79 Å². The molecule has 0 radical (unpaired) electrons. The van der Waals surface area contributed by atoms with E-state index in [0.29, 0.717) is 18.3 Å². The summed E-state index contributed by atoms with van der Waals surface area (Å²) in [6, 6.07) is 16.4. The fourth-order valence-corrected chi connectivity index (χ4v) is 4.69. The first-order valence-electron chi connectivity index (χ1n) is 12.5. The quantitative estimate of drug-likeness (QED) is 0.362. The van der Waals surface area contributed by atoms with E-state index in [-0.39, 0.29) is 11.9 Å². The largest absolute Gasteiger partial charge is 0.353 e. The fourth-order valence-electron chi connectivity index (χ4n) is 4.69. The number of aromatic amines is 1. The summed E-state index contributed by atoms with van der Waals surface area (Å²) in [5.74, 6) is 3.00. The number of aryl methyl sites for hydroxylation is 1. The molecule has 2 aliphatic rings.